The van der Waals surface area contributed by atoms with Gasteiger partial charge in [-0.1, -0.05) is 30.3 Å². The second-order valence-corrected chi connectivity index (χ2v) is 1.95. The zero-order valence-corrected chi connectivity index (χ0v) is 5.70. The highest BCUT2D eigenvalue weighted by Gasteiger charge is 1.98. The Labute approximate surface area is 64.2 Å². The molecule has 0 saturated carbocycles. The van der Waals surface area contributed by atoms with Gasteiger partial charge in [-0.2, -0.15) is 0 Å². The molecule has 0 amide bonds. The summed E-state index contributed by atoms with van der Waals surface area (Å²) in [6, 6.07) is 8.60. The van der Waals surface area contributed by atoms with Crippen molar-refractivity contribution < 1.29 is 9.59 Å². The molecular weight excluding hydrogens is 140 g/mol. The van der Waals surface area contributed by atoms with Crippen LogP contribution in [0.5, 0.6) is 0 Å². The molecule has 1 aromatic carbocycles. The third kappa shape index (κ3) is 1.63. The van der Waals surface area contributed by atoms with Gasteiger partial charge in [-0.05, 0) is 5.56 Å². The Morgan fingerprint density at radius 3 is 2.18 bits per heavy atom. The molecule has 0 atom stereocenters. The quantitative estimate of drug-likeness (QED) is 0.459. The van der Waals surface area contributed by atoms with Crippen LogP contribution in [0.1, 0.15) is 5.56 Å². The van der Waals surface area contributed by atoms with Gasteiger partial charge in [0.15, 0.2) is 0 Å². The van der Waals surface area contributed by atoms with E-state index in [2.05, 4.69) is 0 Å². The Hall–Kier alpha value is -1.66. The molecule has 0 unspecified atom stereocenters. The molecule has 0 saturated heterocycles. The molecule has 0 aliphatic carbocycles. The summed E-state index contributed by atoms with van der Waals surface area (Å²) in [6.45, 7) is 0. The molecular formula is C9H5O2. The summed E-state index contributed by atoms with van der Waals surface area (Å²) in [5.74, 6) is 1.51. The minimum Gasteiger partial charge on any atom is -0.284 e. The van der Waals surface area contributed by atoms with Crippen molar-refractivity contribution in [1.82, 2.24) is 0 Å². The fraction of sp³-hybridized carbons (Fsp3) is 0. The molecule has 11 heavy (non-hydrogen) atoms. The van der Waals surface area contributed by atoms with Crippen molar-refractivity contribution in [2.45, 2.75) is 0 Å². The summed E-state index contributed by atoms with van der Waals surface area (Å²) in [5, 5.41) is 0. The van der Waals surface area contributed by atoms with Crippen molar-refractivity contribution in [3.63, 3.8) is 0 Å². The van der Waals surface area contributed by atoms with Gasteiger partial charge in [0, 0.05) is 0 Å². The minimum absolute atomic E-state index is 0.0643. The van der Waals surface area contributed by atoms with Crippen molar-refractivity contribution in [3.05, 3.63) is 35.9 Å². The van der Waals surface area contributed by atoms with Gasteiger partial charge in [0.2, 0.25) is 6.29 Å². The predicted molar refractivity (Wildman–Crippen MR) is 41.2 cm³/mol. The van der Waals surface area contributed by atoms with E-state index in [0.717, 1.165) is 0 Å². The molecule has 1 rings (SSSR count). The van der Waals surface area contributed by atoms with Crippen LogP contribution in [-0.4, -0.2) is 12.2 Å². The largest absolute Gasteiger partial charge is 0.284 e. The van der Waals surface area contributed by atoms with Crippen LogP contribution >= 0.6 is 0 Å². The highest BCUT2D eigenvalue weighted by atomic mass is 16.1. The Morgan fingerprint density at radius 1 is 1.09 bits per heavy atom. The van der Waals surface area contributed by atoms with Gasteiger partial charge in [-0.3, -0.25) is 4.79 Å². The molecule has 0 fully saturated rings. The van der Waals surface area contributed by atoms with Gasteiger partial charge in [-0.15, -0.1) is 0 Å². The fourth-order valence-electron chi connectivity index (χ4n) is 0.744. The van der Waals surface area contributed by atoms with Crippen LogP contribution in [0.4, 0.5) is 0 Å². The van der Waals surface area contributed by atoms with Crippen LogP contribution in [0.25, 0.3) is 5.57 Å². The monoisotopic (exact) mass is 145 g/mol. The average Bonchev–Trinajstić information content (AvgIpc) is 2.09. The lowest BCUT2D eigenvalue weighted by atomic mass is 10.1. The van der Waals surface area contributed by atoms with E-state index in [1.807, 2.05) is 0 Å². The van der Waals surface area contributed by atoms with Gasteiger partial charge in [0.1, 0.15) is 11.5 Å². The molecule has 53 valence electrons. The SMILES string of the molecule is O=[C]C(=C=O)c1ccccc1. The number of benzene rings is 1. The van der Waals surface area contributed by atoms with Gasteiger partial charge >= 0.3 is 0 Å². The summed E-state index contributed by atoms with van der Waals surface area (Å²) in [7, 11) is 0. The zero-order chi connectivity index (χ0) is 8.10. The van der Waals surface area contributed by atoms with Gasteiger partial charge < -0.3 is 0 Å². The summed E-state index contributed by atoms with van der Waals surface area (Å²) in [4.78, 5) is 20.2. The van der Waals surface area contributed by atoms with E-state index in [-0.39, 0.29) is 5.57 Å². The first kappa shape index (κ1) is 7.45. The second kappa shape index (κ2) is 3.49. The maximum absolute atomic E-state index is 10.1. The Kier molecular flexibility index (Phi) is 2.37. The first-order valence-corrected chi connectivity index (χ1v) is 3.07. The molecule has 2 nitrogen and oxygen atoms in total. The maximum atomic E-state index is 10.1. The van der Waals surface area contributed by atoms with Gasteiger partial charge in [0.05, 0.1) is 0 Å². The smallest absolute Gasteiger partial charge is 0.245 e. The maximum Gasteiger partial charge on any atom is 0.245 e. The number of hydrogen-bond acceptors (Lipinski definition) is 2. The van der Waals surface area contributed by atoms with Crippen LogP contribution in [0, 0.1) is 0 Å². The fourth-order valence-corrected chi connectivity index (χ4v) is 0.744. The van der Waals surface area contributed by atoms with Crippen molar-refractivity contribution in [3.8, 4) is 0 Å². The molecule has 2 heteroatoms. The van der Waals surface area contributed by atoms with Crippen LogP contribution in [0.15, 0.2) is 30.3 Å². The lowest BCUT2D eigenvalue weighted by Crippen LogP contribution is -1.84. The first-order chi connectivity index (χ1) is 5.38. The molecule has 1 radical (unpaired) electrons. The summed E-state index contributed by atoms with van der Waals surface area (Å²) < 4.78 is 0. The van der Waals surface area contributed by atoms with Gasteiger partial charge in [0.25, 0.3) is 0 Å². The summed E-state index contributed by atoms with van der Waals surface area (Å²) >= 11 is 0. The predicted octanol–water partition coefficient (Wildman–Crippen LogP) is 1.01. The highest BCUT2D eigenvalue weighted by molar-refractivity contribution is 6.17. The van der Waals surface area contributed by atoms with Crippen LogP contribution in [0.2, 0.25) is 0 Å². The van der Waals surface area contributed by atoms with E-state index >= 15 is 0 Å². The lowest BCUT2D eigenvalue weighted by Gasteiger charge is -1.90. The zero-order valence-electron chi connectivity index (χ0n) is 5.70. The molecule has 0 aromatic heterocycles. The first-order valence-electron chi connectivity index (χ1n) is 3.07. The molecule has 0 bridgehead atoms. The summed E-state index contributed by atoms with van der Waals surface area (Å²) in [6.07, 6.45) is 1.51. The van der Waals surface area contributed by atoms with Crippen molar-refractivity contribution in [2.24, 2.45) is 0 Å². The van der Waals surface area contributed by atoms with E-state index in [9.17, 15) is 9.59 Å². The van der Waals surface area contributed by atoms with Crippen molar-refractivity contribution >= 4 is 17.8 Å². The van der Waals surface area contributed by atoms with E-state index < -0.39 is 0 Å². The topological polar surface area (TPSA) is 34.1 Å². The van der Waals surface area contributed by atoms with Crippen molar-refractivity contribution in [1.29, 1.82) is 0 Å². The average molecular weight is 145 g/mol. The third-order valence-electron chi connectivity index (χ3n) is 1.27. The molecule has 1 aromatic rings. The lowest BCUT2D eigenvalue weighted by molar-refractivity contribution is 0.562. The Bertz CT molecular complexity index is 295. The number of allylic oxidation sites excluding steroid dienone is 1. The van der Waals surface area contributed by atoms with E-state index in [4.69, 9.17) is 0 Å². The highest BCUT2D eigenvalue weighted by Crippen LogP contribution is 2.06. The van der Waals surface area contributed by atoms with Crippen LogP contribution in [-0.2, 0) is 9.59 Å². The number of carbonyl (C=O) groups excluding carboxylic acids is 2. The standard InChI is InChI=1S/C9H5O2/c10-6-9(7-11)8-4-2-1-3-5-8/h1-5H. The van der Waals surface area contributed by atoms with E-state index in [0.29, 0.717) is 5.56 Å². The van der Waals surface area contributed by atoms with Crippen LogP contribution in [0.3, 0.4) is 0 Å². The molecule has 0 N–H and O–H groups in total. The van der Waals surface area contributed by atoms with Gasteiger partial charge in [-0.25, -0.2) is 4.79 Å². The second-order valence-electron chi connectivity index (χ2n) is 1.95. The third-order valence-corrected chi connectivity index (χ3v) is 1.27. The van der Waals surface area contributed by atoms with Crippen LogP contribution < -0.4 is 0 Å². The number of hydrogen-bond donors (Lipinski definition) is 0. The molecule has 0 aliphatic heterocycles. The molecule has 0 aliphatic rings. The van der Waals surface area contributed by atoms with E-state index in [1.54, 1.807) is 30.3 Å². The van der Waals surface area contributed by atoms with Crippen molar-refractivity contribution in [2.75, 3.05) is 0 Å². The summed E-state index contributed by atoms with van der Waals surface area (Å²) in [5.41, 5.74) is 0.489. The molecule has 0 heterocycles. The number of rotatable bonds is 2. The molecule has 0 spiro atoms. The normalized spacial score (nSPS) is 8.36. The van der Waals surface area contributed by atoms with E-state index in [1.165, 1.54) is 12.2 Å². The Morgan fingerprint density at radius 2 is 1.73 bits per heavy atom. The Balaban J connectivity index is 3.11. The minimum atomic E-state index is -0.0643.